The molecule has 0 unspecified atom stereocenters. The van der Waals surface area contributed by atoms with E-state index in [0.717, 1.165) is 27.6 Å². The van der Waals surface area contributed by atoms with Crippen molar-refractivity contribution in [3.63, 3.8) is 0 Å². The van der Waals surface area contributed by atoms with Crippen molar-refractivity contribution in [3.8, 4) is 11.5 Å². The highest BCUT2D eigenvalue weighted by atomic mass is 35.5. The van der Waals surface area contributed by atoms with E-state index >= 15 is 0 Å². The lowest BCUT2D eigenvalue weighted by molar-refractivity contribution is -0.119. The molecule has 0 fully saturated rings. The third-order valence-electron chi connectivity index (χ3n) is 5.03. The van der Waals surface area contributed by atoms with Crippen LogP contribution in [0.15, 0.2) is 65.6 Å². The number of benzene rings is 3. The van der Waals surface area contributed by atoms with Crippen LogP contribution >= 0.6 is 11.6 Å². The summed E-state index contributed by atoms with van der Waals surface area (Å²) in [6, 6.07) is 15.1. The van der Waals surface area contributed by atoms with Gasteiger partial charge in [-0.25, -0.2) is 12.8 Å². The van der Waals surface area contributed by atoms with E-state index < -0.39 is 28.3 Å². The number of nitrogens with zero attached hydrogens (tertiary/aromatic N) is 1. The number of carbonyl (C=O) groups is 1. The Morgan fingerprint density at radius 3 is 2.29 bits per heavy atom. The zero-order valence-corrected chi connectivity index (χ0v) is 20.4. The molecule has 0 aliphatic rings. The Labute approximate surface area is 203 Å². The Morgan fingerprint density at radius 2 is 1.68 bits per heavy atom. The van der Waals surface area contributed by atoms with Crippen molar-refractivity contribution >= 4 is 33.2 Å². The number of nitrogens with one attached hydrogen (secondary N) is 1. The number of hydrogen-bond acceptors (Lipinski definition) is 5. The molecule has 0 atom stereocenters. The highest BCUT2D eigenvalue weighted by molar-refractivity contribution is 7.92. The number of methoxy groups -OCH3 is 2. The van der Waals surface area contributed by atoms with E-state index in [2.05, 4.69) is 5.32 Å². The van der Waals surface area contributed by atoms with Gasteiger partial charge in [0.2, 0.25) is 5.91 Å². The second-order valence-corrected chi connectivity index (χ2v) is 9.66. The number of amides is 1. The zero-order chi connectivity index (χ0) is 24.9. The molecule has 0 aliphatic heterocycles. The molecular weight excluding hydrogens is 483 g/mol. The predicted molar refractivity (Wildman–Crippen MR) is 129 cm³/mol. The number of carbonyl (C=O) groups excluding carboxylic acids is 1. The van der Waals surface area contributed by atoms with E-state index in [9.17, 15) is 17.6 Å². The van der Waals surface area contributed by atoms with Gasteiger partial charge >= 0.3 is 0 Å². The van der Waals surface area contributed by atoms with E-state index in [1.165, 1.54) is 38.5 Å². The first kappa shape index (κ1) is 25.3. The summed E-state index contributed by atoms with van der Waals surface area (Å²) in [7, 11) is -1.46. The van der Waals surface area contributed by atoms with Gasteiger partial charge in [0, 0.05) is 12.6 Å². The first-order valence-electron chi connectivity index (χ1n) is 10.2. The zero-order valence-electron chi connectivity index (χ0n) is 18.8. The second-order valence-electron chi connectivity index (χ2n) is 7.39. The molecule has 0 aromatic heterocycles. The number of rotatable bonds is 9. The monoisotopic (exact) mass is 506 g/mol. The molecule has 34 heavy (non-hydrogen) atoms. The molecule has 0 heterocycles. The Hall–Kier alpha value is -3.30. The number of sulfonamides is 1. The standard InChI is InChI=1S/C24H24ClFN2O5S/c1-16-4-6-17(7-5-16)14-27-24(29)15-28(18-8-10-21(26)20(25)12-18)34(30,31)19-9-11-22(32-2)23(13-19)33-3/h4-13H,14-15H2,1-3H3,(H,27,29). The maximum Gasteiger partial charge on any atom is 0.264 e. The summed E-state index contributed by atoms with van der Waals surface area (Å²) >= 11 is 5.90. The number of ether oxygens (including phenoxy) is 2. The topological polar surface area (TPSA) is 84.9 Å². The lowest BCUT2D eigenvalue weighted by atomic mass is 10.1. The van der Waals surface area contributed by atoms with Crippen LogP contribution in [0.5, 0.6) is 11.5 Å². The maximum atomic E-state index is 13.8. The van der Waals surface area contributed by atoms with Crippen molar-refractivity contribution in [1.29, 1.82) is 0 Å². The summed E-state index contributed by atoms with van der Waals surface area (Å²) < 4.78 is 52.1. The van der Waals surface area contributed by atoms with Crippen LogP contribution in [0.1, 0.15) is 11.1 Å². The molecule has 0 spiro atoms. The summed E-state index contributed by atoms with van der Waals surface area (Å²) in [6.45, 7) is 1.62. The highest BCUT2D eigenvalue weighted by Crippen LogP contribution is 2.33. The molecule has 0 aliphatic carbocycles. The Balaban J connectivity index is 1.93. The molecule has 0 saturated carbocycles. The third-order valence-corrected chi connectivity index (χ3v) is 7.09. The molecule has 10 heteroatoms. The van der Waals surface area contributed by atoms with Gasteiger partial charge in [0.25, 0.3) is 10.0 Å². The van der Waals surface area contributed by atoms with Gasteiger partial charge in [0.15, 0.2) is 11.5 Å². The number of hydrogen-bond donors (Lipinski definition) is 1. The van der Waals surface area contributed by atoms with Crippen LogP contribution < -0.4 is 19.1 Å². The minimum Gasteiger partial charge on any atom is -0.493 e. The molecule has 180 valence electrons. The van der Waals surface area contributed by atoms with Crippen LogP contribution in [-0.2, 0) is 21.4 Å². The third kappa shape index (κ3) is 5.78. The van der Waals surface area contributed by atoms with Crippen molar-refractivity contribution in [1.82, 2.24) is 5.32 Å². The van der Waals surface area contributed by atoms with Crippen molar-refractivity contribution in [2.45, 2.75) is 18.4 Å². The Morgan fingerprint density at radius 1 is 1.00 bits per heavy atom. The number of anilines is 1. The highest BCUT2D eigenvalue weighted by Gasteiger charge is 2.29. The summed E-state index contributed by atoms with van der Waals surface area (Å²) in [5, 5.41) is 2.44. The van der Waals surface area contributed by atoms with Crippen molar-refractivity contribution in [2.75, 3.05) is 25.1 Å². The van der Waals surface area contributed by atoms with E-state index in [-0.39, 0.29) is 27.9 Å². The van der Waals surface area contributed by atoms with Gasteiger partial charge in [-0.2, -0.15) is 0 Å². The largest absolute Gasteiger partial charge is 0.493 e. The molecule has 1 N–H and O–H groups in total. The van der Waals surface area contributed by atoms with E-state index in [0.29, 0.717) is 5.75 Å². The molecule has 0 bridgehead atoms. The van der Waals surface area contributed by atoms with Gasteiger partial charge in [-0.05, 0) is 42.8 Å². The first-order chi connectivity index (χ1) is 16.1. The average Bonchev–Trinajstić information content (AvgIpc) is 2.83. The molecule has 0 radical (unpaired) electrons. The van der Waals surface area contributed by atoms with E-state index in [4.69, 9.17) is 21.1 Å². The molecule has 3 aromatic rings. The van der Waals surface area contributed by atoms with Crippen LogP contribution in [0.3, 0.4) is 0 Å². The predicted octanol–water partition coefficient (Wildman–Crippen LogP) is 4.32. The van der Waals surface area contributed by atoms with Gasteiger partial charge < -0.3 is 14.8 Å². The van der Waals surface area contributed by atoms with Gasteiger partial charge in [0.1, 0.15) is 12.4 Å². The SMILES string of the molecule is COc1ccc(S(=O)(=O)N(CC(=O)NCc2ccc(C)cc2)c2ccc(F)c(Cl)c2)cc1OC. The molecule has 7 nitrogen and oxygen atoms in total. The smallest absolute Gasteiger partial charge is 0.264 e. The van der Waals surface area contributed by atoms with Gasteiger partial charge in [0.05, 0.1) is 29.8 Å². The lowest BCUT2D eigenvalue weighted by Gasteiger charge is -2.25. The summed E-state index contributed by atoms with van der Waals surface area (Å²) in [5.41, 5.74) is 1.97. The van der Waals surface area contributed by atoms with Crippen molar-refractivity contribution in [2.24, 2.45) is 0 Å². The summed E-state index contributed by atoms with van der Waals surface area (Å²) in [6.07, 6.45) is 0. The number of aryl methyl sites for hydroxylation is 1. The second kappa shape index (κ2) is 10.8. The maximum absolute atomic E-state index is 13.8. The fraction of sp³-hybridized carbons (Fsp3) is 0.208. The Kier molecular flexibility index (Phi) is 8.01. The van der Waals surface area contributed by atoms with Crippen LogP contribution in [0.2, 0.25) is 5.02 Å². The molecule has 3 rings (SSSR count). The van der Waals surface area contributed by atoms with Crippen LogP contribution in [0, 0.1) is 12.7 Å². The van der Waals surface area contributed by atoms with E-state index in [1.807, 2.05) is 31.2 Å². The van der Waals surface area contributed by atoms with Gasteiger partial charge in [-0.3, -0.25) is 9.10 Å². The number of halogens is 2. The molecular formula is C24H24ClFN2O5S. The van der Waals surface area contributed by atoms with Crippen molar-refractivity contribution < 1.29 is 27.1 Å². The lowest BCUT2D eigenvalue weighted by Crippen LogP contribution is -2.40. The van der Waals surface area contributed by atoms with E-state index in [1.54, 1.807) is 0 Å². The summed E-state index contributed by atoms with van der Waals surface area (Å²) in [4.78, 5) is 12.6. The quantitative estimate of drug-likeness (QED) is 0.467. The van der Waals surface area contributed by atoms with Crippen LogP contribution in [0.4, 0.5) is 10.1 Å². The minimum atomic E-state index is -4.27. The van der Waals surface area contributed by atoms with Crippen LogP contribution in [0.25, 0.3) is 0 Å². The molecule has 1 amide bonds. The molecule has 3 aromatic carbocycles. The molecule has 0 saturated heterocycles. The van der Waals surface area contributed by atoms with Gasteiger partial charge in [-0.15, -0.1) is 0 Å². The average molecular weight is 507 g/mol. The fourth-order valence-corrected chi connectivity index (χ4v) is 4.76. The van der Waals surface area contributed by atoms with Crippen molar-refractivity contribution in [3.05, 3.63) is 82.6 Å². The summed E-state index contributed by atoms with van der Waals surface area (Å²) in [5.74, 6) is -0.721. The first-order valence-corrected chi connectivity index (χ1v) is 12.0. The van der Waals surface area contributed by atoms with Gasteiger partial charge in [-0.1, -0.05) is 41.4 Å². The minimum absolute atomic E-state index is 0.0340. The fourth-order valence-electron chi connectivity index (χ4n) is 3.15. The Bertz CT molecular complexity index is 1280. The normalized spacial score (nSPS) is 11.1. The van der Waals surface area contributed by atoms with Crippen LogP contribution in [-0.4, -0.2) is 35.1 Å².